The van der Waals surface area contributed by atoms with Gasteiger partial charge < -0.3 is 4.57 Å². The summed E-state index contributed by atoms with van der Waals surface area (Å²) in [6.45, 7) is 0.254. The van der Waals surface area contributed by atoms with Gasteiger partial charge in [-0.3, -0.25) is 4.79 Å². The van der Waals surface area contributed by atoms with E-state index >= 15 is 0 Å². The van der Waals surface area contributed by atoms with Gasteiger partial charge in [-0.2, -0.15) is 4.99 Å². The highest BCUT2D eigenvalue weighted by Gasteiger charge is 2.10. The Morgan fingerprint density at radius 3 is 2.88 bits per heavy atom. The second-order valence-electron chi connectivity index (χ2n) is 5.06. The predicted octanol–water partition coefficient (Wildman–Crippen LogP) is 3.80. The van der Waals surface area contributed by atoms with E-state index in [4.69, 9.17) is 18.0 Å². The van der Waals surface area contributed by atoms with Crippen molar-refractivity contribution in [2.75, 3.05) is 0 Å². The fourth-order valence-corrected chi connectivity index (χ4v) is 3.60. The Labute approximate surface area is 147 Å². The molecule has 0 fully saturated rings. The van der Waals surface area contributed by atoms with Crippen LogP contribution in [0.4, 0.5) is 4.39 Å². The third kappa shape index (κ3) is 3.40. The minimum absolute atomic E-state index is 0.0956. The molecule has 3 nitrogen and oxygen atoms in total. The van der Waals surface area contributed by atoms with Gasteiger partial charge in [0.15, 0.2) is 4.80 Å². The maximum Gasteiger partial charge on any atom is 0.252 e. The van der Waals surface area contributed by atoms with Crippen molar-refractivity contribution in [2.24, 2.45) is 4.99 Å². The van der Waals surface area contributed by atoms with Crippen LogP contribution in [0.5, 0.6) is 0 Å². The Balaban J connectivity index is 2.03. The quantitative estimate of drug-likeness (QED) is 0.656. The van der Waals surface area contributed by atoms with Crippen molar-refractivity contribution in [3.63, 3.8) is 0 Å². The number of thiazole rings is 1. The molecule has 3 aromatic rings. The fourth-order valence-electron chi connectivity index (χ4n) is 2.33. The van der Waals surface area contributed by atoms with Crippen molar-refractivity contribution in [1.29, 1.82) is 0 Å². The summed E-state index contributed by atoms with van der Waals surface area (Å²) in [7, 11) is 0. The van der Waals surface area contributed by atoms with Gasteiger partial charge in [0.25, 0.3) is 5.91 Å². The lowest BCUT2D eigenvalue weighted by Crippen LogP contribution is -2.17. The van der Waals surface area contributed by atoms with Crippen molar-refractivity contribution in [3.8, 4) is 12.3 Å². The van der Waals surface area contributed by atoms with Crippen LogP contribution in [0.15, 0.2) is 47.5 Å². The molecule has 1 heterocycles. The number of carbonyl (C=O) groups excluding carboxylic acids is 1. The summed E-state index contributed by atoms with van der Waals surface area (Å²) in [5.74, 6) is 1.86. The van der Waals surface area contributed by atoms with E-state index in [0.29, 0.717) is 20.1 Å². The number of aromatic nitrogens is 1. The number of benzene rings is 2. The summed E-state index contributed by atoms with van der Waals surface area (Å²) in [5.41, 5.74) is 1.47. The summed E-state index contributed by atoms with van der Waals surface area (Å²) in [5, 5.41) is 0.524. The number of fused-ring (bicyclic) bond motifs is 1. The first-order valence-corrected chi connectivity index (χ1v) is 8.31. The molecule has 0 unspecified atom stereocenters. The monoisotopic (exact) mass is 358 g/mol. The Kier molecular flexibility index (Phi) is 4.79. The second kappa shape index (κ2) is 7.00. The maximum atomic E-state index is 13.4. The van der Waals surface area contributed by atoms with E-state index < -0.39 is 0 Å². The molecule has 1 amide bonds. The van der Waals surface area contributed by atoms with Gasteiger partial charge in [-0.1, -0.05) is 47.1 Å². The van der Waals surface area contributed by atoms with Crippen LogP contribution in [0.2, 0.25) is 5.02 Å². The van der Waals surface area contributed by atoms with Crippen LogP contribution < -0.4 is 4.80 Å². The number of terminal acetylenes is 1. The summed E-state index contributed by atoms with van der Waals surface area (Å²) >= 11 is 7.30. The molecule has 0 bridgehead atoms. The molecule has 0 aliphatic rings. The molecular weight excluding hydrogens is 347 g/mol. The molecule has 0 N–H and O–H groups in total. The maximum absolute atomic E-state index is 13.4. The average molecular weight is 359 g/mol. The lowest BCUT2D eigenvalue weighted by molar-refractivity contribution is -0.117. The van der Waals surface area contributed by atoms with Gasteiger partial charge >= 0.3 is 0 Å². The van der Waals surface area contributed by atoms with E-state index in [1.807, 2.05) is 6.07 Å². The smallest absolute Gasteiger partial charge is 0.252 e. The van der Waals surface area contributed by atoms with Gasteiger partial charge in [0.05, 0.1) is 23.2 Å². The molecule has 0 spiro atoms. The molecule has 3 rings (SSSR count). The zero-order chi connectivity index (χ0) is 17.1. The van der Waals surface area contributed by atoms with E-state index in [9.17, 15) is 9.18 Å². The van der Waals surface area contributed by atoms with Crippen molar-refractivity contribution < 1.29 is 9.18 Å². The van der Waals surface area contributed by atoms with E-state index in [1.165, 1.54) is 23.5 Å². The Morgan fingerprint density at radius 2 is 2.12 bits per heavy atom. The Morgan fingerprint density at radius 1 is 1.33 bits per heavy atom. The molecular formula is C18H12ClFN2OS. The Hall–Kier alpha value is -2.42. The highest BCUT2D eigenvalue weighted by atomic mass is 35.5. The van der Waals surface area contributed by atoms with Gasteiger partial charge in [0.1, 0.15) is 5.82 Å². The highest BCUT2D eigenvalue weighted by molar-refractivity contribution is 7.16. The van der Waals surface area contributed by atoms with Gasteiger partial charge in [0.2, 0.25) is 0 Å². The lowest BCUT2D eigenvalue weighted by atomic mass is 10.1. The molecule has 0 aliphatic carbocycles. The van der Waals surface area contributed by atoms with Gasteiger partial charge in [0, 0.05) is 5.02 Å². The van der Waals surface area contributed by atoms with E-state index in [-0.39, 0.29) is 24.7 Å². The SMILES string of the molecule is C#CCn1c(=NC(=O)Cc2ccccc2Cl)sc2cc(F)ccc21. The van der Waals surface area contributed by atoms with Crippen LogP contribution >= 0.6 is 22.9 Å². The molecule has 0 radical (unpaired) electrons. The van der Waals surface area contributed by atoms with E-state index in [2.05, 4.69) is 10.9 Å². The third-order valence-electron chi connectivity index (χ3n) is 3.41. The number of carbonyl (C=O) groups is 1. The number of hydrogen-bond acceptors (Lipinski definition) is 2. The molecule has 120 valence electrons. The van der Waals surface area contributed by atoms with Crippen LogP contribution in [-0.4, -0.2) is 10.5 Å². The molecule has 0 saturated heterocycles. The van der Waals surface area contributed by atoms with Crippen LogP contribution in [0, 0.1) is 18.2 Å². The average Bonchev–Trinajstić information content (AvgIpc) is 2.86. The third-order valence-corrected chi connectivity index (χ3v) is 4.82. The first-order valence-electron chi connectivity index (χ1n) is 7.12. The first-order chi connectivity index (χ1) is 11.6. The second-order valence-corrected chi connectivity index (χ2v) is 6.48. The van der Waals surface area contributed by atoms with Crippen LogP contribution in [-0.2, 0) is 17.8 Å². The zero-order valence-corrected chi connectivity index (χ0v) is 14.1. The summed E-state index contributed by atoms with van der Waals surface area (Å²) in [4.78, 5) is 16.9. The standard InChI is InChI=1S/C18H12ClFN2OS/c1-2-9-22-15-8-7-13(20)11-16(15)24-18(22)21-17(23)10-12-5-3-4-6-14(12)19/h1,3-8,11H,9-10H2. The Bertz CT molecular complexity index is 1030. The van der Waals surface area contributed by atoms with Crippen molar-refractivity contribution in [2.45, 2.75) is 13.0 Å². The van der Waals surface area contributed by atoms with Gasteiger partial charge in [-0.25, -0.2) is 4.39 Å². The topological polar surface area (TPSA) is 34.4 Å². The number of hydrogen-bond donors (Lipinski definition) is 0. The van der Waals surface area contributed by atoms with Crippen LogP contribution in [0.3, 0.4) is 0 Å². The summed E-state index contributed by atoms with van der Waals surface area (Å²) in [6.07, 6.45) is 5.50. The van der Waals surface area contributed by atoms with Crippen molar-refractivity contribution >= 4 is 39.1 Å². The first kappa shape index (κ1) is 16.4. The lowest BCUT2D eigenvalue weighted by Gasteiger charge is -2.01. The molecule has 24 heavy (non-hydrogen) atoms. The number of rotatable bonds is 3. The summed E-state index contributed by atoms with van der Waals surface area (Å²) < 4.78 is 15.8. The molecule has 6 heteroatoms. The predicted molar refractivity (Wildman–Crippen MR) is 94.3 cm³/mol. The fraction of sp³-hybridized carbons (Fsp3) is 0.111. The van der Waals surface area contributed by atoms with E-state index in [1.54, 1.807) is 28.8 Å². The highest BCUT2D eigenvalue weighted by Crippen LogP contribution is 2.19. The molecule has 0 aliphatic heterocycles. The molecule has 2 aromatic carbocycles. The van der Waals surface area contributed by atoms with Gasteiger partial charge in [-0.05, 0) is 29.8 Å². The molecule has 1 aromatic heterocycles. The largest absolute Gasteiger partial charge is 0.305 e. The number of nitrogens with zero attached hydrogens (tertiary/aromatic N) is 2. The molecule has 0 atom stereocenters. The van der Waals surface area contributed by atoms with E-state index in [0.717, 1.165) is 5.52 Å². The normalized spacial score (nSPS) is 11.6. The summed E-state index contributed by atoms with van der Waals surface area (Å²) in [6, 6.07) is 11.5. The molecule has 0 saturated carbocycles. The van der Waals surface area contributed by atoms with Crippen LogP contribution in [0.1, 0.15) is 5.56 Å². The number of amides is 1. The van der Waals surface area contributed by atoms with Gasteiger partial charge in [-0.15, -0.1) is 6.42 Å². The minimum Gasteiger partial charge on any atom is -0.305 e. The minimum atomic E-state index is -0.342. The van der Waals surface area contributed by atoms with Crippen LogP contribution in [0.25, 0.3) is 10.2 Å². The number of halogens is 2. The zero-order valence-electron chi connectivity index (χ0n) is 12.5. The van der Waals surface area contributed by atoms with Crippen molar-refractivity contribution in [1.82, 2.24) is 4.57 Å². The van der Waals surface area contributed by atoms with Crippen molar-refractivity contribution in [3.05, 3.63) is 63.7 Å².